The molecule has 0 aliphatic carbocycles. The summed E-state index contributed by atoms with van der Waals surface area (Å²) in [6.07, 6.45) is 5.34. The quantitative estimate of drug-likeness (QED) is 0.636. The molecule has 0 fully saturated rings. The van der Waals surface area contributed by atoms with Crippen LogP contribution < -0.4 is 5.32 Å². The Labute approximate surface area is 97.0 Å². The van der Waals surface area contributed by atoms with Gasteiger partial charge in [-0.05, 0) is 30.6 Å². The molecule has 1 N–H and O–H groups in total. The zero-order chi connectivity index (χ0) is 11.9. The highest BCUT2D eigenvalue weighted by atomic mass is 14.9. The fourth-order valence-electron chi connectivity index (χ4n) is 1.96. The predicted molar refractivity (Wildman–Crippen MR) is 70.2 cm³/mol. The molecule has 0 aromatic carbocycles. The number of hydrogen-bond donors (Lipinski definition) is 1. The van der Waals surface area contributed by atoms with Gasteiger partial charge in [-0.2, -0.15) is 0 Å². The highest BCUT2D eigenvalue weighted by Crippen LogP contribution is 2.32. The van der Waals surface area contributed by atoms with Gasteiger partial charge in [0.25, 0.3) is 0 Å². The Morgan fingerprint density at radius 1 is 1.00 bits per heavy atom. The van der Waals surface area contributed by atoms with Crippen LogP contribution in [0.15, 0.2) is 0 Å². The summed E-state index contributed by atoms with van der Waals surface area (Å²) in [7, 11) is 0. The summed E-state index contributed by atoms with van der Waals surface area (Å²) in [5.74, 6) is 0.835. The fourth-order valence-corrected chi connectivity index (χ4v) is 1.96. The lowest BCUT2D eigenvalue weighted by Crippen LogP contribution is -2.37. The second kappa shape index (κ2) is 7.27. The third-order valence-electron chi connectivity index (χ3n) is 3.64. The van der Waals surface area contributed by atoms with Crippen molar-refractivity contribution in [3.8, 4) is 0 Å². The molecule has 0 bridgehead atoms. The third-order valence-corrected chi connectivity index (χ3v) is 3.64. The molecular weight excluding hydrogens is 182 g/mol. The molecule has 0 aliphatic heterocycles. The van der Waals surface area contributed by atoms with Crippen molar-refractivity contribution in [3.63, 3.8) is 0 Å². The molecule has 15 heavy (non-hydrogen) atoms. The Hall–Kier alpha value is -0.0400. The van der Waals surface area contributed by atoms with E-state index in [1.807, 2.05) is 0 Å². The second-order valence-corrected chi connectivity index (χ2v) is 5.68. The largest absolute Gasteiger partial charge is 0.314 e. The first-order chi connectivity index (χ1) is 6.95. The maximum Gasteiger partial charge on any atom is 0.00106 e. The minimum Gasteiger partial charge on any atom is -0.314 e. The average Bonchev–Trinajstić information content (AvgIpc) is 2.19. The van der Waals surface area contributed by atoms with Gasteiger partial charge >= 0.3 is 0 Å². The van der Waals surface area contributed by atoms with Crippen molar-refractivity contribution in [1.82, 2.24) is 5.32 Å². The molecule has 0 heterocycles. The summed E-state index contributed by atoms with van der Waals surface area (Å²) in [5, 5.41) is 3.61. The maximum absolute atomic E-state index is 3.61. The van der Waals surface area contributed by atoms with Gasteiger partial charge in [0.1, 0.15) is 0 Å². The van der Waals surface area contributed by atoms with Crippen molar-refractivity contribution in [2.75, 3.05) is 6.54 Å². The summed E-state index contributed by atoms with van der Waals surface area (Å²) >= 11 is 0. The molecule has 0 aromatic rings. The molecule has 0 unspecified atom stereocenters. The van der Waals surface area contributed by atoms with Crippen LogP contribution in [0.2, 0.25) is 0 Å². The van der Waals surface area contributed by atoms with E-state index in [4.69, 9.17) is 0 Å². The number of hydrogen-bond acceptors (Lipinski definition) is 1. The molecule has 1 nitrogen and oxygen atoms in total. The first kappa shape index (κ1) is 15.0. The molecule has 0 saturated carbocycles. The first-order valence-electron chi connectivity index (χ1n) is 6.69. The smallest absolute Gasteiger partial charge is 0.00106 e. The van der Waals surface area contributed by atoms with Crippen molar-refractivity contribution < 1.29 is 0 Å². The molecule has 0 radical (unpaired) electrons. The van der Waals surface area contributed by atoms with Crippen LogP contribution in [0.3, 0.4) is 0 Å². The zero-order valence-corrected chi connectivity index (χ0v) is 11.7. The Morgan fingerprint density at radius 3 is 1.87 bits per heavy atom. The van der Waals surface area contributed by atoms with Crippen LogP contribution >= 0.6 is 0 Å². The maximum atomic E-state index is 3.61. The molecule has 0 aromatic heterocycles. The van der Waals surface area contributed by atoms with E-state index in [2.05, 4.69) is 46.9 Å². The molecule has 0 amide bonds. The van der Waals surface area contributed by atoms with E-state index >= 15 is 0 Å². The van der Waals surface area contributed by atoms with Gasteiger partial charge in [0.05, 0.1) is 0 Å². The standard InChI is InChI=1S/C14H31N/c1-7-14(8-2,10-9-12(3)4)11-15-13(5)6/h12-13,15H,7-11H2,1-6H3. The molecular formula is C14H31N. The second-order valence-electron chi connectivity index (χ2n) is 5.68. The van der Waals surface area contributed by atoms with Crippen LogP contribution in [-0.2, 0) is 0 Å². The van der Waals surface area contributed by atoms with Crippen LogP contribution in [-0.4, -0.2) is 12.6 Å². The molecule has 92 valence electrons. The zero-order valence-electron chi connectivity index (χ0n) is 11.7. The van der Waals surface area contributed by atoms with Gasteiger partial charge in [0.15, 0.2) is 0 Å². The Morgan fingerprint density at radius 2 is 1.53 bits per heavy atom. The van der Waals surface area contributed by atoms with Gasteiger partial charge < -0.3 is 5.32 Å². The van der Waals surface area contributed by atoms with E-state index in [9.17, 15) is 0 Å². The van der Waals surface area contributed by atoms with Gasteiger partial charge in [-0.15, -0.1) is 0 Å². The summed E-state index contributed by atoms with van der Waals surface area (Å²) < 4.78 is 0. The van der Waals surface area contributed by atoms with Gasteiger partial charge in [-0.25, -0.2) is 0 Å². The molecule has 0 spiro atoms. The summed E-state index contributed by atoms with van der Waals surface area (Å²) in [4.78, 5) is 0. The van der Waals surface area contributed by atoms with E-state index in [1.54, 1.807) is 0 Å². The highest BCUT2D eigenvalue weighted by molar-refractivity contribution is 4.80. The van der Waals surface area contributed by atoms with Crippen LogP contribution in [0, 0.1) is 11.3 Å². The van der Waals surface area contributed by atoms with E-state index in [-0.39, 0.29) is 0 Å². The van der Waals surface area contributed by atoms with Crippen LogP contribution in [0.5, 0.6) is 0 Å². The first-order valence-corrected chi connectivity index (χ1v) is 6.69. The topological polar surface area (TPSA) is 12.0 Å². The van der Waals surface area contributed by atoms with E-state index < -0.39 is 0 Å². The number of nitrogens with one attached hydrogen (secondary N) is 1. The normalized spacial score (nSPS) is 12.8. The summed E-state index contributed by atoms with van der Waals surface area (Å²) in [6, 6.07) is 0.613. The lowest BCUT2D eigenvalue weighted by Gasteiger charge is -2.33. The van der Waals surface area contributed by atoms with Crippen molar-refractivity contribution in [2.24, 2.45) is 11.3 Å². The number of rotatable bonds is 8. The highest BCUT2D eigenvalue weighted by Gasteiger charge is 2.25. The SMILES string of the molecule is CCC(CC)(CCC(C)C)CNC(C)C. The van der Waals surface area contributed by atoms with Gasteiger partial charge in [0, 0.05) is 12.6 Å². The van der Waals surface area contributed by atoms with Crippen LogP contribution in [0.25, 0.3) is 0 Å². The Bertz CT molecular complexity index is 131. The fraction of sp³-hybridized carbons (Fsp3) is 1.00. The van der Waals surface area contributed by atoms with Gasteiger partial charge in [-0.1, -0.05) is 48.0 Å². The van der Waals surface area contributed by atoms with Gasteiger partial charge in [-0.3, -0.25) is 0 Å². The lowest BCUT2D eigenvalue weighted by atomic mass is 9.76. The summed E-state index contributed by atoms with van der Waals surface area (Å²) in [6.45, 7) is 15.0. The van der Waals surface area contributed by atoms with E-state index in [0.29, 0.717) is 11.5 Å². The molecule has 0 rings (SSSR count). The van der Waals surface area contributed by atoms with Crippen molar-refractivity contribution in [3.05, 3.63) is 0 Å². The van der Waals surface area contributed by atoms with Crippen molar-refractivity contribution in [2.45, 2.75) is 73.3 Å². The van der Waals surface area contributed by atoms with E-state index in [0.717, 1.165) is 5.92 Å². The third kappa shape index (κ3) is 6.19. The monoisotopic (exact) mass is 213 g/mol. The Kier molecular flexibility index (Phi) is 7.25. The van der Waals surface area contributed by atoms with E-state index in [1.165, 1.54) is 32.2 Å². The van der Waals surface area contributed by atoms with Crippen molar-refractivity contribution in [1.29, 1.82) is 0 Å². The summed E-state index contributed by atoms with van der Waals surface area (Å²) in [5.41, 5.74) is 0.536. The van der Waals surface area contributed by atoms with Crippen molar-refractivity contribution >= 4 is 0 Å². The minimum absolute atomic E-state index is 0.536. The molecule has 0 atom stereocenters. The lowest BCUT2D eigenvalue weighted by molar-refractivity contribution is 0.206. The molecule has 1 heteroatoms. The molecule has 0 aliphatic rings. The van der Waals surface area contributed by atoms with Crippen LogP contribution in [0.4, 0.5) is 0 Å². The minimum atomic E-state index is 0.536. The average molecular weight is 213 g/mol. The van der Waals surface area contributed by atoms with Gasteiger partial charge in [0.2, 0.25) is 0 Å². The van der Waals surface area contributed by atoms with Crippen LogP contribution in [0.1, 0.15) is 67.2 Å². The Balaban J connectivity index is 4.17. The predicted octanol–water partition coefficient (Wildman–Crippen LogP) is 4.23. The molecule has 0 saturated heterocycles.